The molecule has 0 atom stereocenters. The molecule has 120 heavy (non-hydrogen) atoms. The van der Waals surface area contributed by atoms with Crippen LogP contribution in [0, 0.1) is 0 Å². The van der Waals surface area contributed by atoms with Gasteiger partial charge in [-0.2, -0.15) is 10.2 Å². The third-order valence-electron chi connectivity index (χ3n) is 22.1. The van der Waals surface area contributed by atoms with Gasteiger partial charge in [-0.3, -0.25) is 34.3 Å². The summed E-state index contributed by atoms with van der Waals surface area (Å²) in [4.78, 5) is 35.0. The fourth-order valence-corrected chi connectivity index (χ4v) is 13.9. The van der Waals surface area contributed by atoms with Crippen LogP contribution in [0.5, 0.6) is 0 Å². The molecule has 13 nitrogen and oxygen atoms in total. The van der Waals surface area contributed by atoms with Crippen LogP contribution < -0.4 is 0 Å². The molecule has 0 radical (unpaired) electrons. The molecule has 3 aliphatic rings. The lowest BCUT2D eigenvalue weighted by molar-refractivity contribution is 0.574. The lowest BCUT2D eigenvalue weighted by Crippen LogP contribution is -2.12. The zero-order chi connectivity index (χ0) is 87.9. The second-order valence-corrected chi connectivity index (χ2v) is 41.8. The molecule has 0 saturated heterocycles. The van der Waals surface area contributed by atoms with Crippen LogP contribution in [0.4, 0.5) is 5.69 Å². The van der Waals surface area contributed by atoms with Crippen LogP contribution in [-0.2, 0) is 82.1 Å². The summed E-state index contributed by atoms with van der Waals surface area (Å²) in [6, 6.07) is 51.9. The number of benzene rings is 5. The minimum atomic E-state index is 0.167. The number of nitrogens with one attached hydrogen (secondary N) is 4. The first kappa shape index (κ1) is 91.3. The number of rotatable bonds is 0. The van der Waals surface area contributed by atoms with E-state index < -0.39 is 0 Å². The maximum absolute atomic E-state index is 4.54. The minimum Gasteiger partial charge on any atom is -0.361 e. The summed E-state index contributed by atoms with van der Waals surface area (Å²) in [5.74, 6) is 0. The van der Waals surface area contributed by atoms with Gasteiger partial charge >= 0.3 is 0 Å². The number of allylic oxidation sites excluding steroid dienone is 2. The van der Waals surface area contributed by atoms with Gasteiger partial charge in [-0.1, -0.05) is 266 Å². The lowest BCUT2D eigenvalue weighted by atomic mass is 9.85. The van der Waals surface area contributed by atoms with Crippen LogP contribution >= 0.6 is 0 Å². The molecule has 0 fully saturated rings. The maximum atomic E-state index is 4.54. The summed E-state index contributed by atoms with van der Waals surface area (Å²) >= 11 is 0. The van der Waals surface area contributed by atoms with Gasteiger partial charge in [-0.25, -0.2) is 0 Å². The molecule has 0 spiro atoms. The Kier molecular flexibility index (Phi) is 27.8. The standard InChI is InChI=1S/C13H17N.C13H16.2C12H16N2.2C12H15N.3C11H14N2/c1-9-7-10-5-6-11(13(2,3)4)8-12(10)14-9;1-13(2,3)12-8-7-10-5-4-6-11(10)9-12;1-12(2,3)10-5-6-11-9(7-10)8-14(4)13-11;1-12(2,3)10-5-6-11-9(7-10)8-13-14(11)4;1-12(2,3)10-5-4-9-6-7-13-11(9)8-10;1-12(2,3)10-7-9-5-4-6-11(9)13-8-10;2*1-11(2,3)8-6-10-9(13-7-8)4-5-12-10;1-11(2,3)10-7-9-8(13-10)5-4-6-12-9/h5-6,8H,7H2,1-4H3;4,6-9H,5H2,1-3H3;2*5-8H,1-4H3;4-8,13H,1-3H3;4-5,7-8H,6H2,1-3H3;2*4-7,12H,1-3H3;4-7,13H,1-3H3. The van der Waals surface area contributed by atoms with E-state index in [-0.39, 0.29) is 48.7 Å². The molecule has 0 unspecified atom stereocenters. The number of fused-ring (bicyclic) bond motifs is 9. The second kappa shape index (κ2) is 36.5. The first-order valence-electron chi connectivity index (χ1n) is 42.7. The minimum absolute atomic E-state index is 0.167. The van der Waals surface area contributed by atoms with Gasteiger partial charge in [0.2, 0.25) is 0 Å². The molecule has 4 N–H and O–H groups in total. The molecule has 15 aromatic rings. The van der Waals surface area contributed by atoms with Crippen molar-refractivity contribution < 1.29 is 0 Å². The van der Waals surface area contributed by atoms with E-state index in [1.165, 1.54) is 117 Å². The third kappa shape index (κ3) is 24.6. The fourth-order valence-electron chi connectivity index (χ4n) is 13.9. The van der Waals surface area contributed by atoms with Crippen LogP contribution in [0.15, 0.2) is 219 Å². The average molecular weight is 1610 g/mol. The Morgan fingerprint density at radius 1 is 0.350 bits per heavy atom. The van der Waals surface area contributed by atoms with E-state index in [0.29, 0.717) is 0 Å². The van der Waals surface area contributed by atoms with Crippen molar-refractivity contribution in [2.24, 2.45) is 19.1 Å². The predicted molar refractivity (Wildman–Crippen MR) is 515 cm³/mol. The van der Waals surface area contributed by atoms with Crippen LogP contribution in [0.2, 0.25) is 0 Å². The van der Waals surface area contributed by atoms with E-state index in [1.807, 2.05) is 91.2 Å². The molecule has 630 valence electrons. The Morgan fingerprint density at radius 2 is 0.817 bits per heavy atom. The SMILES string of the molecule is CC(C)(C)c1cc2ncccc2[nH]1.CC(C)(C)c1ccc2c(c1)C=CC2.CC(C)(C)c1ccc2cc[nH]c2c1.CC(C)(C)c1cnc2c(c1)C=CC2.CC(C)(C)c1cnc2cc[nH]c2c1.CC(C)(C)c1cnc2cc[nH]c2c1.CC1=Nc2cc(C(C)(C)C)ccc2C1.Cn1cc2cc(C(C)(C)C)ccc2n1.Cn1ncc2cc(C(C)(C)C)ccc21. The van der Waals surface area contributed by atoms with Crippen molar-refractivity contribution in [3.05, 3.63) is 292 Å². The van der Waals surface area contributed by atoms with Gasteiger partial charge in [-0.15, -0.1) is 0 Å². The Morgan fingerprint density at radius 3 is 1.39 bits per heavy atom. The Hall–Kier alpha value is -11.1. The van der Waals surface area contributed by atoms with E-state index >= 15 is 0 Å². The summed E-state index contributed by atoms with van der Waals surface area (Å²) in [5, 5.41) is 12.3. The molecular weight excluding hydrogens is 1470 g/mol. The molecule has 18 rings (SSSR count). The van der Waals surface area contributed by atoms with Gasteiger partial charge < -0.3 is 19.9 Å². The summed E-state index contributed by atoms with van der Waals surface area (Å²) in [7, 11) is 3.93. The number of hydrogen-bond acceptors (Lipinski definition) is 7. The van der Waals surface area contributed by atoms with Crippen molar-refractivity contribution in [2.75, 3.05) is 0 Å². The monoisotopic (exact) mass is 1600 g/mol. The number of aryl methyl sites for hydroxylation is 2. The summed E-state index contributed by atoms with van der Waals surface area (Å²) < 4.78 is 3.76. The van der Waals surface area contributed by atoms with E-state index in [9.17, 15) is 0 Å². The number of aromatic amines is 4. The predicted octanol–water partition coefficient (Wildman–Crippen LogP) is 27.9. The smallest absolute Gasteiger partial charge is 0.0923 e. The van der Waals surface area contributed by atoms with Gasteiger partial charge in [0.05, 0.1) is 61.7 Å². The molecule has 0 bridgehead atoms. The molecular formula is C107H137N13. The maximum Gasteiger partial charge on any atom is 0.0923 e. The van der Waals surface area contributed by atoms with E-state index in [0.717, 1.165) is 57.9 Å². The van der Waals surface area contributed by atoms with Crippen LogP contribution in [0.1, 0.15) is 272 Å². The number of aliphatic imine (C=N–C) groups is 1. The van der Waals surface area contributed by atoms with Crippen molar-refractivity contribution in [3.63, 3.8) is 0 Å². The molecule has 11 heterocycles. The zero-order valence-electron chi connectivity index (χ0n) is 78.0. The van der Waals surface area contributed by atoms with Crippen molar-refractivity contribution in [1.29, 1.82) is 0 Å². The quantitative estimate of drug-likeness (QED) is 0.118. The van der Waals surface area contributed by atoms with Gasteiger partial charge in [0.15, 0.2) is 0 Å². The summed E-state index contributed by atoms with van der Waals surface area (Å²) in [6.07, 6.45) is 29.5. The van der Waals surface area contributed by atoms with Gasteiger partial charge in [-0.05, 0) is 220 Å². The summed E-state index contributed by atoms with van der Waals surface area (Å²) in [6.45, 7) is 62.0. The van der Waals surface area contributed by atoms with Crippen molar-refractivity contribution in [1.82, 2.24) is 59.4 Å². The highest BCUT2D eigenvalue weighted by Gasteiger charge is 2.24. The molecule has 10 aromatic heterocycles. The molecule has 2 aliphatic carbocycles. The third-order valence-corrected chi connectivity index (χ3v) is 22.1. The topological polar surface area (TPSA) is 163 Å². The molecule has 13 heteroatoms. The van der Waals surface area contributed by atoms with Crippen molar-refractivity contribution in [2.45, 2.75) is 262 Å². The Balaban J connectivity index is 0.000000142. The fraction of sp³-hybridized carbons (Fsp3) is 0.393. The lowest BCUT2D eigenvalue weighted by Gasteiger charge is -2.19. The molecule has 1 aliphatic heterocycles. The van der Waals surface area contributed by atoms with Crippen molar-refractivity contribution in [3.8, 4) is 0 Å². The normalized spacial score (nSPS) is 13.1. The Bertz CT molecular complexity index is 5710. The van der Waals surface area contributed by atoms with Gasteiger partial charge in [0.1, 0.15) is 0 Å². The highest BCUT2D eigenvalue weighted by atomic mass is 15.3. The van der Waals surface area contributed by atoms with E-state index in [4.69, 9.17) is 0 Å². The van der Waals surface area contributed by atoms with Crippen LogP contribution in [-0.4, -0.2) is 65.1 Å². The number of pyridine rings is 4. The highest BCUT2D eigenvalue weighted by molar-refractivity contribution is 5.92. The number of nitrogens with zero attached hydrogens (tertiary/aromatic N) is 9. The van der Waals surface area contributed by atoms with Gasteiger partial charge in [0, 0.05) is 110 Å². The molecule has 5 aromatic carbocycles. The first-order valence-corrected chi connectivity index (χ1v) is 42.7. The van der Waals surface area contributed by atoms with Crippen LogP contribution in [0.3, 0.4) is 0 Å². The summed E-state index contributed by atoms with van der Waals surface area (Å²) in [5.41, 5.74) is 33.0. The Labute approximate surface area is 717 Å². The highest BCUT2D eigenvalue weighted by Crippen LogP contribution is 2.36. The number of hydrogen-bond donors (Lipinski definition) is 4. The molecule has 0 saturated carbocycles. The van der Waals surface area contributed by atoms with Crippen molar-refractivity contribution >= 4 is 89.4 Å². The largest absolute Gasteiger partial charge is 0.361 e. The zero-order valence-corrected chi connectivity index (χ0v) is 78.0. The number of aromatic nitrogens is 12. The van der Waals surface area contributed by atoms with E-state index in [2.05, 4.69) is 407 Å². The average Bonchev–Trinajstić information content (AvgIpc) is 1.71. The molecule has 0 amide bonds. The first-order chi connectivity index (χ1) is 55.8. The van der Waals surface area contributed by atoms with Crippen LogP contribution in [0.25, 0.3) is 78.0 Å². The second-order valence-electron chi connectivity index (χ2n) is 41.8. The van der Waals surface area contributed by atoms with E-state index in [1.54, 1.807) is 0 Å². The number of H-pyrrole nitrogens is 4. The van der Waals surface area contributed by atoms with Gasteiger partial charge in [0.25, 0.3) is 0 Å².